The van der Waals surface area contributed by atoms with Crippen LogP contribution in [0.3, 0.4) is 0 Å². The van der Waals surface area contributed by atoms with E-state index in [1.54, 1.807) is 12.1 Å². The number of benzene rings is 1. The summed E-state index contributed by atoms with van der Waals surface area (Å²) < 4.78 is 27.3. The Hall–Kier alpha value is -1.15. The first-order valence-electron chi connectivity index (χ1n) is 9.41. The number of halogens is 1. The Morgan fingerprint density at radius 1 is 1.11 bits per heavy atom. The number of sulfonamides is 1. The van der Waals surface area contributed by atoms with E-state index in [1.165, 1.54) is 4.31 Å². The Morgan fingerprint density at radius 2 is 1.78 bits per heavy atom. The molecule has 0 aromatic heterocycles. The first-order valence-corrected chi connectivity index (χ1v) is 10.8. The average molecular weight is 416 g/mol. The smallest absolute Gasteiger partial charge is 0.243 e. The fourth-order valence-electron chi connectivity index (χ4n) is 4.05. The number of amides is 1. The van der Waals surface area contributed by atoms with Crippen molar-refractivity contribution in [1.82, 2.24) is 9.21 Å². The molecule has 2 fully saturated rings. The Morgan fingerprint density at radius 3 is 2.37 bits per heavy atom. The number of aryl methyl sites for hydroxylation is 2. The lowest BCUT2D eigenvalue weighted by Crippen LogP contribution is -2.52. The standard InChI is InChI=1S/C19H29N3O3S.ClH/c1-14-6-7-17(12-15(14)2)26(24,25)22-10-8-21(9-11-22)19(23)18-5-3-4-16(18)13-20;/h6-7,12,16,18H,3-5,8-11,13,20H2,1-2H3;1H/t16-,18-;/m1./s1. The van der Waals surface area contributed by atoms with E-state index < -0.39 is 10.0 Å². The van der Waals surface area contributed by atoms with Crippen LogP contribution in [0.15, 0.2) is 23.1 Å². The van der Waals surface area contributed by atoms with E-state index in [0.29, 0.717) is 37.6 Å². The van der Waals surface area contributed by atoms with E-state index in [0.717, 1.165) is 30.4 Å². The number of nitrogens with two attached hydrogens (primary N) is 1. The van der Waals surface area contributed by atoms with Crippen molar-refractivity contribution < 1.29 is 13.2 Å². The third kappa shape index (κ3) is 4.47. The second-order valence-electron chi connectivity index (χ2n) is 7.51. The molecule has 1 aliphatic heterocycles. The molecule has 6 nitrogen and oxygen atoms in total. The molecule has 0 spiro atoms. The summed E-state index contributed by atoms with van der Waals surface area (Å²) in [6.45, 7) is 6.04. The molecule has 1 saturated carbocycles. The minimum Gasteiger partial charge on any atom is -0.340 e. The lowest BCUT2D eigenvalue weighted by molar-refractivity contribution is -0.137. The second kappa shape index (κ2) is 8.90. The molecular weight excluding hydrogens is 386 g/mol. The van der Waals surface area contributed by atoms with Gasteiger partial charge in [0.25, 0.3) is 0 Å². The lowest BCUT2D eigenvalue weighted by atomic mass is 9.94. The normalized spacial score (nSPS) is 23.9. The Bertz CT molecular complexity index is 776. The van der Waals surface area contributed by atoms with Crippen LogP contribution in [0.4, 0.5) is 0 Å². The van der Waals surface area contributed by atoms with Gasteiger partial charge in [-0.3, -0.25) is 4.79 Å². The van der Waals surface area contributed by atoms with Crippen LogP contribution in [0.5, 0.6) is 0 Å². The average Bonchev–Trinajstić information content (AvgIpc) is 3.12. The third-order valence-corrected chi connectivity index (χ3v) is 7.84. The van der Waals surface area contributed by atoms with Gasteiger partial charge in [-0.15, -0.1) is 12.4 Å². The van der Waals surface area contributed by atoms with E-state index in [4.69, 9.17) is 5.73 Å². The zero-order valence-corrected chi connectivity index (χ0v) is 17.7. The Balaban J connectivity index is 0.00000261. The molecule has 0 radical (unpaired) electrons. The first kappa shape index (κ1) is 22.1. The highest BCUT2D eigenvalue weighted by Gasteiger charge is 2.37. The van der Waals surface area contributed by atoms with Gasteiger partial charge in [0.15, 0.2) is 0 Å². The summed E-state index contributed by atoms with van der Waals surface area (Å²) in [5.74, 6) is 0.448. The van der Waals surface area contributed by atoms with Crippen LogP contribution in [0, 0.1) is 25.7 Å². The molecular formula is C19H30ClN3O3S. The molecule has 2 aliphatic rings. The van der Waals surface area contributed by atoms with Gasteiger partial charge < -0.3 is 10.6 Å². The summed E-state index contributed by atoms with van der Waals surface area (Å²) >= 11 is 0. The second-order valence-corrected chi connectivity index (χ2v) is 9.45. The number of piperazine rings is 1. The van der Waals surface area contributed by atoms with Gasteiger partial charge in [0.1, 0.15) is 0 Å². The monoisotopic (exact) mass is 415 g/mol. The topological polar surface area (TPSA) is 83.7 Å². The highest BCUT2D eigenvalue weighted by molar-refractivity contribution is 7.89. The molecule has 152 valence electrons. The van der Waals surface area contributed by atoms with Crippen LogP contribution in [0.2, 0.25) is 0 Å². The highest BCUT2D eigenvalue weighted by atomic mass is 35.5. The van der Waals surface area contributed by atoms with E-state index in [2.05, 4.69) is 0 Å². The minimum atomic E-state index is -3.51. The molecule has 1 aromatic carbocycles. The van der Waals surface area contributed by atoms with Crippen molar-refractivity contribution in [2.75, 3.05) is 32.7 Å². The summed E-state index contributed by atoms with van der Waals surface area (Å²) in [6.07, 6.45) is 2.98. The zero-order valence-electron chi connectivity index (χ0n) is 16.1. The van der Waals surface area contributed by atoms with Crippen LogP contribution >= 0.6 is 12.4 Å². The zero-order chi connectivity index (χ0) is 18.9. The summed E-state index contributed by atoms with van der Waals surface area (Å²) in [4.78, 5) is 14.9. The Labute approximate surface area is 168 Å². The minimum absolute atomic E-state index is 0. The summed E-state index contributed by atoms with van der Waals surface area (Å²) in [5, 5.41) is 0. The van der Waals surface area contributed by atoms with E-state index >= 15 is 0 Å². The number of carbonyl (C=O) groups excluding carboxylic acids is 1. The predicted octanol–water partition coefficient (Wildman–Crippen LogP) is 1.93. The van der Waals surface area contributed by atoms with Crippen molar-refractivity contribution in [2.24, 2.45) is 17.6 Å². The van der Waals surface area contributed by atoms with Crippen LogP contribution in [-0.2, 0) is 14.8 Å². The lowest BCUT2D eigenvalue weighted by Gasteiger charge is -2.36. The fraction of sp³-hybridized carbons (Fsp3) is 0.632. The van der Waals surface area contributed by atoms with Crippen molar-refractivity contribution in [3.05, 3.63) is 29.3 Å². The van der Waals surface area contributed by atoms with Gasteiger partial charge in [0, 0.05) is 32.1 Å². The Kier molecular flexibility index (Phi) is 7.30. The first-order chi connectivity index (χ1) is 12.3. The van der Waals surface area contributed by atoms with Crippen molar-refractivity contribution in [1.29, 1.82) is 0 Å². The molecule has 2 atom stereocenters. The number of hydrogen-bond acceptors (Lipinski definition) is 4. The fourth-order valence-corrected chi connectivity index (χ4v) is 5.56. The number of hydrogen-bond donors (Lipinski definition) is 1. The summed E-state index contributed by atoms with van der Waals surface area (Å²) in [6, 6.07) is 5.24. The van der Waals surface area contributed by atoms with Crippen molar-refractivity contribution in [2.45, 2.75) is 38.0 Å². The molecule has 3 rings (SSSR count). The van der Waals surface area contributed by atoms with Gasteiger partial charge in [-0.25, -0.2) is 8.42 Å². The number of rotatable bonds is 4. The van der Waals surface area contributed by atoms with Gasteiger partial charge in [0.2, 0.25) is 15.9 Å². The van der Waals surface area contributed by atoms with E-state index in [9.17, 15) is 13.2 Å². The van der Waals surface area contributed by atoms with Crippen LogP contribution in [0.1, 0.15) is 30.4 Å². The number of carbonyl (C=O) groups is 1. The van der Waals surface area contributed by atoms with Gasteiger partial charge in [0.05, 0.1) is 4.90 Å². The maximum atomic E-state index is 12.9. The van der Waals surface area contributed by atoms with Gasteiger partial charge in [-0.2, -0.15) is 4.31 Å². The quantitative estimate of drug-likeness (QED) is 0.814. The molecule has 1 saturated heterocycles. The molecule has 0 unspecified atom stereocenters. The van der Waals surface area contributed by atoms with Gasteiger partial charge >= 0.3 is 0 Å². The van der Waals surface area contributed by atoms with E-state index in [1.807, 2.05) is 24.8 Å². The van der Waals surface area contributed by atoms with Crippen molar-refractivity contribution in [3.63, 3.8) is 0 Å². The largest absolute Gasteiger partial charge is 0.340 e. The molecule has 1 aliphatic carbocycles. The molecule has 0 bridgehead atoms. The maximum Gasteiger partial charge on any atom is 0.243 e. The molecule has 27 heavy (non-hydrogen) atoms. The summed E-state index contributed by atoms with van der Waals surface area (Å²) in [5.41, 5.74) is 7.84. The molecule has 2 N–H and O–H groups in total. The van der Waals surface area contributed by atoms with Crippen LogP contribution < -0.4 is 5.73 Å². The van der Waals surface area contributed by atoms with Crippen LogP contribution in [-0.4, -0.2) is 56.3 Å². The maximum absolute atomic E-state index is 12.9. The van der Waals surface area contributed by atoms with Crippen molar-refractivity contribution >= 4 is 28.3 Å². The summed E-state index contributed by atoms with van der Waals surface area (Å²) in [7, 11) is -3.51. The SMILES string of the molecule is Cc1ccc(S(=O)(=O)N2CCN(C(=O)[C@@H]3CCC[C@@H]3CN)CC2)cc1C.Cl. The predicted molar refractivity (Wildman–Crippen MR) is 108 cm³/mol. The molecule has 8 heteroatoms. The van der Waals surface area contributed by atoms with E-state index in [-0.39, 0.29) is 30.2 Å². The van der Waals surface area contributed by atoms with Gasteiger partial charge in [-0.05, 0) is 62.4 Å². The highest BCUT2D eigenvalue weighted by Crippen LogP contribution is 2.33. The van der Waals surface area contributed by atoms with Crippen LogP contribution in [0.25, 0.3) is 0 Å². The number of nitrogens with zero attached hydrogens (tertiary/aromatic N) is 2. The molecule has 1 amide bonds. The van der Waals surface area contributed by atoms with Gasteiger partial charge in [-0.1, -0.05) is 12.5 Å². The van der Waals surface area contributed by atoms with Crippen molar-refractivity contribution in [3.8, 4) is 0 Å². The molecule has 1 heterocycles. The molecule has 1 aromatic rings. The third-order valence-electron chi connectivity index (χ3n) is 5.95.